The fourth-order valence-electron chi connectivity index (χ4n) is 4.45. The first-order valence-electron chi connectivity index (χ1n) is 12.0. The lowest BCUT2D eigenvalue weighted by Gasteiger charge is -2.22. The van der Waals surface area contributed by atoms with E-state index in [0.717, 1.165) is 33.3 Å². The number of nitrogens with one attached hydrogen (secondary N) is 1. The molecule has 0 aliphatic heterocycles. The van der Waals surface area contributed by atoms with Gasteiger partial charge >= 0.3 is 0 Å². The molecule has 1 heterocycles. The van der Waals surface area contributed by atoms with Gasteiger partial charge < -0.3 is 9.73 Å². The largest absolute Gasteiger partial charge is 0.456 e. The van der Waals surface area contributed by atoms with Gasteiger partial charge in [0.2, 0.25) is 0 Å². The molecule has 2 nitrogen and oxygen atoms in total. The highest BCUT2D eigenvalue weighted by Gasteiger charge is 2.18. The van der Waals surface area contributed by atoms with Crippen molar-refractivity contribution in [3.63, 3.8) is 0 Å². The summed E-state index contributed by atoms with van der Waals surface area (Å²) in [5.41, 5.74) is 9.13. The first kappa shape index (κ1) is 22.3. The van der Waals surface area contributed by atoms with Gasteiger partial charge in [0.1, 0.15) is 11.2 Å². The van der Waals surface area contributed by atoms with Crippen LogP contribution in [0.3, 0.4) is 0 Å². The smallest absolute Gasteiger partial charge is 0.137 e. The normalized spacial score (nSPS) is 12.4. The monoisotopic (exact) mass is 447 g/mol. The second-order valence-electron chi connectivity index (χ2n) is 11.3. The minimum Gasteiger partial charge on any atom is -0.456 e. The zero-order valence-corrected chi connectivity index (χ0v) is 21.0. The Morgan fingerprint density at radius 3 is 1.85 bits per heavy atom. The van der Waals surface area contributed by atoms with E-state index in [0.29, 0.717) is 0 Å². The molecule has 5 aromatic rings. The van der Waals surface area contributed by atoms with Crippen molar-refractivity contribution < 1.29 is 4.42 Å². The summed E-state index contributed by atoms with van der Waals surface area (Å²) in [6, 6.07) is 30.3. The molecule has 1 N–H and O–H groups in total. The highest BCUT2D eigenvalue weighted by Crippen LogP contribution is 2.37. The maximum atomic E-state index is 6.31. The molecule has 0 aliphatic carbocycles. The third-order valence-electron chi connectivity index (χ3n) is 6.59. The van der Waals surface area contributed by atoms with Crippen molar-refractivity contribution in [3.8, 4) is 11.1 Å². The van der Waals surface area contributed by atoms with E-state index < -0.39 is 0 Å². The summed E-state index contributed by atoms with van der Waals surface area (Å²) < 4.78 is 6.31. The molecule has 2 heteroatoms. The molecule has 1 aromatic heterocycles. The Labute approximate surface area is 202 Å². The van der Waals surface area contributed by atoms with Crippen molar-refractivity contribution in [2.24, 2.45) is 0 Å². The second kappa shape index (κ2) is 8.06. The third-order valence-corrected chi connectivity index (χ3v) is 6.59. The van der Waals surface area contributed by atoms with Crippen LogP contribution in [0.15, 0.2) is 89.3 Å². The molecule has 34 heavy (non-hydrogen) atoms. The van der Waals surface area contributed by atoms with Gasteiger partial charge in [-0.15, -0.1) is 0 Å². The average molecular weight is 448 g/mol. The maximum Gasteiger partial charge on any atom is 0.137 e. The molecule has 0 saturated heterocycles. The summed E-state index contributed by atoms with van der Waals surface area (Å²) in [7, 11) is 0. The SMILES string of the molecule is CC(C)(C)c1ccc(Nc2ccc3c(c2)oc2cc(C(C)(C)C)ccc23)c(-c2ccccc2)c1. The highest BCUT2D eigenvalue weighted by molar-refractivity contribution is 6.06. The van der Waals surface area contributed by atoms with Gasteiger partial charge in [-0.3, -0.25) is 0 Å². The van der Waals surface area contributed by atoms with E-state index in [4.69, 9.17) is 4.42 Å². The molecule has 0 aliphatic rings. The number of benzene rings is 4. The molecule has 0 spiro atoms. The molecule has 0 bridgehead atoms. The Hall–Kier alpha value is -3.52. The van der Waals surface area contributed by atoms with Crippen LogP contribution in [0.25, 0.3) is 33.1 Å². The fourth-order valence-corrected chi connectivity index (χ4v) is 4.45. The minimum absolute atomic E-state index is 0.0845. The van der Waals surface area contributed by atoms with E-state index in [1.807, 2.05) is 0 Å². The van der Waals surface area contributed by atoms with Gasteiger partial charge in [0, 0.05) is 33.8 Å². The molecule has 0 fully saturated rings. The first-order chi connectivity index (χ1) is 16.1. The lowest BCUT2D eigenvalue weighted by Crippen LogP contribution is -2.11. The number of hydrogen-bond donors (Lipinski definition) is 1. The summed E-state index contributed by atoms with van der Waals surface area (Å²) in [4.78, 5) is 0. The molecule has 0 atom stereocenters. The van der Waals surface area contributed by atoms with E-state index >= 15 is 0 Å². The lowest BCUT2D eigenvalue weighted by atomic mass is 9.85. The van der Waals surface area contributed by atoms with Crippen LogP contribution in [0.4, 0.5) is 11.4 Å². The van der Waals surface area contributed by atoms with Gasteiger partial charge in [0.25, 0.3) is 0 Å². The van der Waals surface area contributed by atoms with Crippen LogP contribution >= 0.6 is 0 Å². The summed E-state index contributed by atoms with van der Waals surface area (Å²) in [5.74, 6) is 0. The standard InChI is InChI=1S/C32H33NO/c1-31(2,3)22-13-17-28(27(18-22)21-10-8-7-9-11-21)33-24-14-16-26-25-15-12-23(32(4,5)6)19-29(25)34-30(26)20-24/h7-20,33H,1-6H3. The van der Waals surface area contributed by atoms with Crippen LogP contribution in [0.2, 0.25) is 0 Å². The molecule has 0 saturated carbocycles. The molecular formula is C32H33NO. The first-order valence-corrected chi connectivity index (χ1v) is 12.0. The number of fused-ring (bicyclic) bond motifs is 3. The van der Waals surface area contributed by atoms with Crippen LogP contribution in [0.5, 0.6) is 0 Å². The fraction of sp³-hybridized carbons (Fsp3) is 0.250. The van der Waals surface area contributed by atoms with Crippen molar-refractivity contribution in [2.45, 2.75) is 52.4 Å². The van der Waals surface area contributed by atoms with Gasteiger partial charge in [0.05, 0.1) is 0 Å². The zero-order chi connectivity index (χ0) is 24.1. The number of anilines is 2. The van der Waals surface area contributed by atoms with Crippen molar-refractivity contribution in [2.75, 3.05) is 5.32 Å². The maximum absolute atomic E-state index is 6.31. The topological polar surface area (TPSA) is 25.2 Å². The van der Waals surface area contributed by atoms with E-state index in [-0.39, 0.29) is 10.8 Å². The van der Waals surface area contributed by atoms with Crippen LogP contribution in [0, 0.1) is 0 Å². The van der Waals surface area contributed by atoms with Gasteiger partial charge in [-0.25, -0.2) is 0 Å². The number of rotatable bonds is 3. The Kier molecular flexibility index (Phi) is 5.28. The zero-order valence-electron chi connectivity index (χ0n) is 21.0. The van der Waals surface area contributed by atoms with E-state index in [9.17, 15) is 0 Å². The quantitative estimate of drug-likeness (QED) is 0.298. The Bertz CT molecular complexity index is 1480. The molecular weight excluding hydrogens is 414 g/mol. The summed E-state index contributed by atoms with van der Waals surface area (Å²) in [5, 5.41) is 5.97. The van der Waals surface area contributed by atoms with Crippen molar-refractivity contribution in [1.29, 1.82) is 0 Å². The van der Waals surface area contributed by atoms with E-state index in [1.165, 1.54) is 22.3 Å². The molecule has 5 rings (SSSR count). The predicted octanol–water partition coefficient (Wildman–Crippen LogP) is 9.59. The summed E-state index contributed by atoms with van der Waals surface area (Å²) in [6.07, 6.45) is 0. The van der Waals surface area contributed by atoms with Crippen LogP contribution < -0.4 is 5.32 Å². The van der Waals surface area contributed by atoms with E-state index in [1.54, 1.807) is 0 Å². The van der Waals surface area contributed by atoms with Gasteiger partial charge in [-0.05, 0) is 57.9 Å². The molecule has 4 aromatic carbocycles. The van der Waals surface area contributed by atoms with E-state index in [2.05, 4.69) is 132 Å². The predicted molar refractivity (Wildman–Crippen MR) is 146 cm³/mol. The number of furan rings is 1. The van der Waals surface area contributed by atoms with Gasteiger partial charge in [-0.2, -0.15) is 0 Å². The molecule has 0 amide bonds. The van der Waals surface area contributed by atoms with Gasteiger partial charge in [0.15, 0.2) is 0 Å². The van der Waals surface area contributed by atoms with Crippen LogP contribution in [0.1, 0.15) is 52.7 Å². The summed E-state index contributed by atoms with van der Waals surface area (Å²) >= 11 is 0. The third kappa shape index (κ3) is 4.21. The Morgan fingerprint density at radius 2 is 1.18 bits per heavy atom. The minimum atomic E-state index is 0.0845. The molecule has 0 unspecified atom stereocenters. The van der Waals surface area contributed by atoms with Crippen LogP contribution in [-0.4, -0.2) is 0 Å². The average Bonchev–Trinajstić information content (AvgIpc) is 3.15. The van der Waals surface area contributed by atoms with Crippen molar-refractivity contribution >= 4 is 33.3 Å². The van der Waals surface area contributed by atoms with Crippen LogP contribution in [-0.2, 0) is 10.8 Å². The second-order valence-corrected chi connectivity index (χ2v) is 11.3. The number of hydrogen-bond acceptors (Lipinski definition) is 2. The van der Waals surface area contributed by atoms with Gasteiger partial charge in [-0.1, -0.05) is 90.1 Å². The Balaban J connectivity index is 1.56. The lowest BCUT2D eigenvalue weighted by molar-refractivity contribution is 0.587. The Morgan fingerprint density at radius 1 is 0.588 bits per heavy atom. The highest BCUT2D eigenvalue weighted by atomic mass is 16.3. The molecule has 0 radical (unpaired) electrons. The van der Waals surface area contributed by atoms with Crippen molar-refractivity contribution in [1.82, 2.24) is 0 Å². The summed E-state index contributed by atoms with van der Waals surface area (Å²) in [6.45, 7) is 13.5. The molecule has 172 valence electrons. The van der Waals surface area contributed by atoms with Crippen molar-refractivity contribution in [3.05, 3.63) is 96.1 Å².